The Balaban J connectivity index is -0.00000000500. The summed E-state index contributed by atoms with van der Waals surface area (Å²) in [6.07, 6.45) is 0. The first kappa shape index (κ1) is 15.8. The molecule has 1 nitrogen and oxygen atoms in total. The first-order valence-corrected chi connectivity index (χ1v) is 2.00. The zero-order valence-corrected chi connectivity index (χ0v) is 8.91. The molecule has 0 spiro atoms. The number of halogens is 1. The SMILES string of the molecule is [F][AlH2].[H-].[Na+].[O]=[AlH]. The van der Waals surface area contributed by atoms with E-state index in [9.17, 15) is 3.52 Å². The molecule has 0 saturated carbocycles. The van der Waals surface area contributed by atoms with Gasteiger partial charge in [-0.1, -0.05) is 0 Å². The van der Waals surface area contributed by atoms with Gasteiger partial charge in [-0.2, -0.15) is 0 Å². The van der Waals surface area contributed by atoms with Crippen LogP contribution in [-0.4, -0.2) is 33.0 Å². The van der Waals surface area contributed by atoms with Crippen LogP contribution < -0.4 is 29.6 Å². The molecule has 5 heteroatoms. The Labute approximate surface area is 70.6 Å². The Morgan fingerprint density at radius 3 is 1.60 bits per heavy atom. The molecule has 0 atom stereocenters. The summed E-state index contributed by atoms with van der Waals surface area (Å²) in [4.78, 5) is 0. The molecule has 0 N–H and O–H groups in total. The first-order valence-electron chi connectivity index (χ1n) is 0.667. The topological polar surface area (TPSA) is 17.1 Å². The molecule has 0 aliphatic carbocycles. The molecule has 0 rings (SSSR count). The van der Waals surface area contributed by atoms with Gasteiger partial charge in [-0.05, 0) is 0 Å². The van der Waals surface area contributed by atoms with Crippen molar-refractivity contribution in [3.8, 4) is 0 Å². The van der Waals surface area contributed by atoms with Crippen LogP contribution in [-0.2, 0) is 3.80 Å². The summed E-state index contributed by atoms with van der Waals surface area (Å²) in [6.45, 7) is 0. The summed E-state index contributed by atoms with van der Waals surface area (Å²) in [5.74, 6) is 0. The maximum atomic E-state index is 9.64. The molecule has 0 aromatic carbocycles. The van der Waals surface area contributed by atoms with Crippen molar-refractivity contribution >= 4 is 33.0 Å². The average Bonchev–Trinajstić information content (AvgIpc) is 1.50. The quantitative estimate of drug-likeness (QED) is 0.294. The van der Waals surface area contributed by atoms with Crippen molar-refractivity contribution in [2.45, 2.75) is 0 Å². The van der Waals surface area contributed by atoms with Crippen LogP contribution >= 0.6 is 0 Å². The van der Waals surface area contributed by atoms with Crippen LogP contribution in [0.2, 0.25) is 0 Å². The van der Waals surface area contributed by atoms with E-state index in [1.807, 2.05) is 0 Å². The van der Waals surface area contributed by atoms with Crippen LogP contribution in [0.5, 0.6) is 0 Å². The summed E-state index contributed by atoms with van der Waals surface area (Å²) in [7, 11) is 0. The molecule has 5 heavy (non-hydrogen) atoms. The first-order chi connectivity index (χ1) is 2.00. The number of hydrogen-bond donors (Lipinski definition) is 0. The standard InChI is InChI=1S/2Al.FH.Na.O.4H/h;;1H;;;;;;/q;+1;;+1;;;;;-1/p-1. The second-order valence-electron chi connectivity index (χ2n) is 0. The van der Waals surface area contributed by atoms with E-state index in [1.54, 1.807) is 0 Å². The van der Waals surface area contributed by atoms with Crippen molar-refractivity contribution < 1.29 is 38.3 Å². The van der Waals surface area contributed by atoms with Gasteiger partial charge in [0.2, 0.25) is 0 Å². The van der Waals surface area contributed by atoms with Gasteiger partial charge >= 0.3 is 66.3 Å². The Bertz CT molecular complexity index is 13.5. The van der Waals surface area contributed by atoms with Crippen LogP contribution in [0.25, 0.3) is 0 Å². The molecular weight excluding hydrogens is 112 g/mol. The summed E-state index contributed by atoms with van der Waals surface area (Å²) in [6, 6.07) is 0. The Morgan fingerprint density at radius 2 is 1.60 bits per heavy atom. The van der Waals surface area contributed by atoms with Crippen LogP contribution in [0.4, 0.5) is 3.52 Å². The van der Waals surface area contributed by atoms with Gasteiger partial charge in [-0.3, -0.25) is 0 Å². The van der Waals surface area contributed by atoms with Crippen LogP contribution in [0.3, 0.4) is 0 Å². The van der Waals surface area contributed by atoms with E-state index in [-0.39, 0.29) is 47.7 Å². The third kappa shape index (κ3) is 25.9. The molecule has 0 aromatic heterocycles. The van der Waals surface area contributed by atoms with Gasteiger partial charge in [0.1, 0.15) is 0 Å². The molecule has 0 bridgehead atoms. The van der Waals surface area contributed by atoms with E-state index in [0.717, 1.165) is 0 Å². The van der Waals surface area contributed by atoms with E-state index < -0.39 is 0 Å². The minimum atomic E-state index is -0.194. The van der Waals surface area contributed by atoms with Gasteiger partial charge in [0.05, 0.1) is 0 Å². The summed E-state index contributed by atoms with van der Waals surface area (Å²) < 4.78 is 17.9. The minimum absolute atomic E-state index is 0. The van der Waals surface area contributed by atoms with Gasteiger partial charge in [-0.25, -0.2) is 0 Å². The van der Waals surface area contributed by atoms with Gasteiger partial charge in [0.15, 0.2) is 0 Å². The zero-order valence-electron chi connectivity index (χ0n) is 4.49. The molecule has 0 unspecified atom stereocenters. The predicted molar refractivity (Wildman–Crippen MR) is 18.6 cm³/mol. The van der Waals surface area contributed by atoms with Crippen LogP contribution in [0.15, 0.2) is 0 Å². The van der Waals surface area contributed by atoms with Crippen molar-refractivity contribution in [2.24, 2.45) is 0 Å². The van der Waals surface area contributed by atoms with Gasteiger partial charge in [0, 0.05) is 0 Å². The third-order valence-electron chi connectivity index (χ3n) is 0. The molecular formula is H4Al2FNaO. The molecule has 0 saturated heterocycles. The van der Waals surface area contributed by atoms with E-state index in [4.69, 9.17) is 3.80 Å². The summed E-state index contributed by atoms with van der Waals surface area (Å²) in [5.41, 5.74) is 0. The van der Waals surface area contributed by atoms with Crippen LogP contribution in [0.1, 0.15) is 1.43 Å². The molecule has 0 amide bonds. The third-order valence-corrected chi connectivity index (χ3v) is 0. The van der Waals surface area contributed by atoms with E-state index in [1.165, 1.54) is 0 Å². The summed E-state index contributed by atoms with van der Waals surface area (Å²) >= 11 is 0.417. The second-order valence-corrected chi connectivity index (χ2v) is 0. The number of rotatable bonds is 0. The second kappa shape index (κ2) is 41.4. The van der Waals surface area contributed by atoms with Crippen molar-refractivity contribution in [3.63, 3.8) is 0 Å². The van der Waals surface area contributed by atoms with Crippen molar-refractivity contribution in [1.82, 2.24) is 0 Å². The van der Waals surface area contributed by atoms with E-state index in [2.05, 4.69) is 0 Å². The molecule has 0 aromatic rings. The van der Waals surface area contributed by atoms with E-state index >= 15 is 0 Å². The molecule has 0 aliphatic heterocycles. The van der Waals surface area contributed by atoms with Crippen molar-refractivity contribution in [3.05, 3.63) is 0 Å². The Morgan fingerprint density at radius 1 is 1.60 bits per heavy atom. The fraction of sp³-hybridized carbons (Fsp3) is 0. The normalized spacial score (nSPS) is 1.60. The van der Waals surface area contributed by atoms with Crippen molar-refractivity contribution in [1.29, 1.82) is 0 Å². The average molecular weight is 116 g/mol. The molecule has 0 radical (unpaired) electrons. The van der Waals surface area contributed by atoms with Gasteiger partial charge < -0.3 is 4.95 Å². The van der Waals surface area contributed by atoms with Crippen LogP contribution in [0, 0.1) is 0 Å². The molecule has 0 aliphatic rings. The molecule has 0 fully saturated rings. The molecule has 0 heterocycles. The fourth-order valence-corrected chi connectivity index (χ4v) is 0. The maximum absolute atomic E-state index is 9.64. The number of hydrogen-bond acceptors (Lipinski definition) is 1. The monoisotopic (exact) mass is 116 g/mol. The fourth-order valence-electron chi connectivity index (χ4n) is 0. The van der Waals surface area contributed by atoms with Gasteiger partial charge in [0.25, 0.3) is 0 Å². The van der Waals surface area contributed by atoms with Crippen molar-refractivity contribution in [2.75, 3.05) is 0 Å². The Hall–Kier alpha value is 1.79. The zero-order chi connectivity index (χ0) is 4.00. The molecule has 24 valence electrons. The Kier molecular flexibility index (Phi) is 131. The van der Waals surface area contributed by atoms with E-state index in [0.29, 0.717) is 16.2 Å². The van der Waals surface area contributed by atoms with Gasteiger partial charge in [-0.15, -0.1) is 0 Å². The summed E-state index contributed by atoms with van der Waals surface area (Å²) in [5, 5.41) is 0. The predicted octanol–water partition coefficient (Wildman–Crippen LogP) is -4.15.